The van der Waals surface area contributed by atoms with Gasteiger partial charge in [0.2, 0.25) is 17.8 Å². The maximum absolute atomic E-state index is 10.9. The fourth-order valence-electron chi connectivity index (χ4n) is 1.32. The predicted molar refractivity (Wildman–Crippen MR) is 78.1 cm³/mol. The number of nitrogens with zero attached hydrogens (tertiary/aromatic N) is 3. The first-order valence-corrected chi connectivity index (χ1v) is 6.48. The molecule has 0 saturated heterocycles. The van der Waals surface area contributed by atoms with Crippen LogP contribution in [0.15, 0.2) is 0 Å². The van der Waals surface area contributed by atoms with E-state index in [4.69, 9.17) is 5.11 Å². The molecule has 0 aromatic carbocycles. The molecule has 4 N–H and O–H groups in total. The van der Waals surface area contributed by atoms with Crippen molar-refractivity contribution in [1.29, 1.82) is 0 Å². The van der Waals surface area contributed by atoms with Crippen LogP contribution >= 0.6 is 0 Å². The van der Waals surface area contributed by atoms with Crippen LogP contribution in [-0.2, 0) is 4.79 Å². The lowest BCUT2D eigenvalue weighted by Crippen LogP contribution is -2.29. The average Bonchev–Trinajstić information content (AvgIpc) is 2.26. The van der Waals surface area contributed by atoms with Gasteiger partial charge in [-0.3, -0.25) is 4.79 Å². The van der Waals surface area contributed by atoms with Crippen LogP contribution in [0.25, 0.3) is 0 Å². The van der Waals surface area contributed by atoms with Crippen molar-refractivity contribution >= 4 is 23.8 Å². The second-order valence-electron chi connectivity index (χ2n) is 5.42. The number of rotatable bonds is 6. The SMILES string of the molecule is CCNc1nc(N[C@@H](C)C(=O)O)nc(NC(C)(C)C)n1. The molecule has 112 valence electrons. The van der Waals surface area contributed by atoms with Gasteiger partial charge in [0.25, 0.3) is 0 Å². The molecule has 0 aliphatic carbocycles. The number of carboxylic acid groups (broad SMARTS) is 1. The summed E-state index contributed by atoms with van der Waals surface area (Å²) in [5.41, 5.74) is -0.208. The lowest BCUT2D eigenvalue weighted by atomic mass is 10.1. The first kappa shape index (κ1) is 15.9. The zero-order valence-corrected chi connectivity index (χ0v) is 12.5. The molecule has 8 nitrogen and oxygen atoms in total. The number of carbonyl (C=O) groups is 1. The van der Waals surface area contributed by atoms with E-state index in [0.29, 0.717) is 18.4 Å². The van der Waals surface area contributed by atoms with E-state index in [1.54, 1.807) is 0 Å². The standard InChI is InChI=1S/C12H22N6O2/c1-6-13-9-15-10(14-7(2)8(19)20)17-11(16-9)18-12(3,4)5/h7H,6H2,1-5H3,(H,19,20)(H3,13,14,15,16,17,18)/t7-/m0/s1. The molecule has 0 fully saturated rings. The van der Waals surface area contributed by atoms with Crippen LogP contribution < -0.4 is 16.0 Å². The minimum Gasteiger partial charge on any atom is -0.480 e. The topological polar surface area (TPSA) is 112 Å². The van der Waals surface area contributed by atoms with Gasteiger partial charge in [-0.15, -0.1) is 0 Å². The average molecular weight is 282 g/mol. The highest BCUT2D eigenvalue weighted by molar-refractivity contribution is 5.76. The van der Waals surface area contributed by atoms with E-state index in [2.05, 4.69) is 30.9 Å². The molecule has 0 spiro atoms. The van der Waals surface area contributed by atoms with E-state index in [-0.39, 0.29) is 11.5 Å². The number of aromatic nitrogens is 3. The van der Waals surface area contributed by atoms with Crippen LogP contribution in [0.1, 0.15) is 34.6 Å². The van der Waals surface area contributed by atoms with Gasteiger partial charge >= 0.3 is 5.97 Å². The highest BCUT2D eigenvalue weighted by Crippen LogP contribution is 2.14. The summed E-state index contributed by atoms with van der Waals surface area (Å²) >= 11 is 0. The lowest BCUT2D eigenvalue weighted by Gasteiger charge is -2.21. The summed E-state index contributed by atoms with van der Waals surface area (Å²) < 4.78 is 0. The highest BCUT2D eigenvalue weighted by atomic mass is 16.4. The van der Waals surface area contributed by atoms with Crippen LogP contribution in [0.2, 0.25) is 0 Å². The molecule has 1 atom stereocenters. The van der Waals surface area contributed by atoms with Crippen molar-refractivity contribution < 1.29 is 9.90 Å². The molecule has 1 aromatic rings. The van der Waals surface area contributed by atoms with Crippen molar-refractivity contribution in [3.8, 4) is 0 Å². The van der Waals surface area contributed by atoms with Crippen molar-refractivity contribution in [1.82, 2.24) is 15.0 Å². The lowest BCUT2D eigenvalue weighted by molar-refractivity contribution is -0.137. The van der Waals surface area contributed by atoms with E-state index >= 15 is 0 Å². The Labute approximate surface area is 118 Å². The van der Waals surface area contributed by atoms with Crippen molar-refractivity contribution in [2.75, 3.05) is 22.5 Å². The second kappa shape index (κ2) is 6.36. The van der Waals surface area contributed by atoms with Crippen LogP contribution in [-0.4, -0.2) is 44.2 Å². The molecule has 1 heterocycles. The maximum Gasteiger partial charge on any atom is 0.325 e. The van der Waals surface area contributed by atoms with E-state index < -0.39 is 12.0 Å². The summed E-state index contributed by atoms with van der Waals surface area (Å²) in [6, 6.07) is -0.783. The zero-order chi connectivity index (χ0) is 15.3. The Kier molecular flexibility index (Phi) is 5.06. The van der Waals surface area contributed by atoms with E-state index in [9.17, 15) is 4.79 Å². The van der Waals surface area contributed by atoms with Crippen LogP contribution in [0.3, 0.4) is 0 Å². The molecule has 0 saturated carbocycles. The Morgan fingerprint density at radius 3 is 2.25 bits per heavy atom. The van der Waals surface area contributed by atoms with Gasteiger partial charge < -0.3 is 21.1 Å². The molecular formula is C12H22N6O2. The second-order valence-corrected chi connectivity index (χ2v) is 5.42. The van der Waals surface area contributed by atoms with Crippen molar-refractivity contribution in [3.05, 3.63) is 0 Å². The smallest absolute Gasteiger partial charge is 0.325 e. The van der Waals surface area contributed by atoms with Crippen LogP contribution in [0.5, 0.6) is 0 Å². The third-order valence-electron chi connectivity index (χ3n) is 2.17. The Hall–Kier alpha value is -2.12. The number of aliphatic carboxylic acids is 1. The predicted octanol–water partition coefficient (Wildman–Crippen LogP) is 1.40. The number of carboxylic acids is 1. The molecule has 1 aromatic heterocycles. The third-order valence-corrected chi connectivity index (χ3v) is 2.17. The van der Waals surface area contributed by atoms with Gasteiger partial charge in [-0.25, -0.2) is 0 Å². The molecule has 8 heteroatoms. The fourth-order valence-corrected chi connectivity index (χ4v) is 1.32. The van der Waals surface area contributed by atoms with Gasteiger partial charge in [0.15, 0.2) is 0 Å². The molecule has 0 radical (unpaired) electrons. The summed E-state index contributed by atoms with van der Waals surface area (Å²) in [7, 11) is 0. The van der Waals surface area contributed by atoms with Gasteiger partial charge in [-0.1, -0.05) is 0 Å². The normalized spacial score (nSPS) is 12.7. The molecular weight excluding hydrogens is 260 g/mol. The number of nitrogens with one attached hydrogen (secondary N) is 3. The van der Waals surface area contributed by atoms with Gasteiger partial charge in [0.1, 0.15) is 6.04 Å². The van der Waals surface area contributed by atoms with Crippen LogP contribution in [0, 0.1) is 0 Å². The molecule has 0 amide bonds. The van der Waals surface area contributed by atoms with E-state index in [1.165, 1.54) is 6.92 Å². The molecule has 1 rings (SSSR count). The molecule has 0 unspecified atom stereocenters. The first-order valence-electron chi connectivity index (χ1n) is 6.48. The number of hydrogen-bond acceptors (Lipinski definition) is 7. The maximum atomic E-state index is 10.9. The van der Waals surface area contributed by atoms with E-state index in [0.717, 1.165) is 0 Å². The largest absolute Gasteiger partial charge is 0.480 e. The molecule has 0 bridgehead atoms. The minimum absolute atomic E-state index is 0.208. The summed E-state index contributed by atoms with van der Waals surface area (Å²) in [4.78, 5) is 23.4. The molecule has 20 heavy (non-hydrogen) atoms. The minimum atomic E-state index is -0.972. The third kappa shape index (κ3) is 5.25. The summed E-state index contributed by atoms with van der Waals surface area (Å²) in [5, 5.41) is 17.8. The Morgan fingerprint density at radius 2 is 1.75 bits per heavy atom. The fraction of sp³-hybridized carbons (Fsp3) is 0.667. The number of anilines is 3. The van der Waals surface area contributed by atoms with Crippen LogP contribution in [0.4, 0.5) is 17.8 Å². The zero-order valence-electron chi connectivity index (χ0n) is 12.5. The summed E-state index contributed by atoms with van der Waals surface area (Å²) in [6.45, 7) is 10.1. The molecule has 0 aliphatic rings. The summed E-state index contributed by atoms with van der Waals surface area (Å²) in [6.07, 6.45) is 0. The molecule has 0 aliphatic heterocycles. The highest BCUT2D eigenvalue weighted by Gasteiger charge is 2.16. The Bertz CT molecular complexity index is 472. The Balaban J connectivity index is 3.01. The van der Waals surface area contributed by atoms with E-state index in [1.807, 2.05) is 27.7 Å². The quantitative estimate of drug-likeness (QED) is 0.619. The Morgan fingerprint density at radius 1 is 1.20 bits per heavy atom. The van der Waals surface area contributed by atoms with Crippen molar-refractivity contribution in [2.45, 2.75) is 46.2 Å². The van der Waals surface area contributed by atoms with Gasteiger partial charge in [0, 0.05) is 12.1 Å². The first-order chi connectivity index (χ1) is 9.21. The van der Waals surface area contributed by atoms with Gasteiger partial charge in [0.05, 0.1) is 0 Å². The van der Waals surface area contributed by atoms with Gasteiger partial charge in [-0.05, 0) is 34.6 Å². The number of hydrogen-bond donors (Lipinski definition) is 4. The van der Waals surface area contributed by atoms with Gasteiger partial charge in [-0.2, -0.15) is 15.0 Å². The van der Waals surface area contributed by atoms with Crippen molar-refractivity contribution in [3.63, 3.8) is 0 Å². The van der Waals surface area contributed by atoms with Crippen molar-refractivity contribution in [2.24, 2.45) is 0 Å². The monoisotopic (exact) mass is 282 g/mol. The summed E-state index contributed by atoms with van der Waals surface area (Å²) in [5.74, 6) is 0.0382.